The van der Waals surface area contributed by atoms with Crippen molar-refractivity contribution in [3.05, 3.63) is 54.0 Å². The van der Waals surface area contributed by atoms with Crippen molar-refractivity contribution >= 4 is 17.8 Å². The van der Waals surface area contributed by atoms with Crippen molar-refractivity contribution < 1.29 is 14.3 Å². The van der Waals surface area contributed by atoms with Gasteiger partial charge in [0.05, 0.1) is 18.8 Å². The Morgan fingerprint density at radius 2 is 1.85 bits per heavy atom. The quantitative estimate of drug-likeness (QED) is 0.867. The topological polar surface area (TPSA) is 87.7 Å². The molecule has 0 atom stereocenters. The van der Waals surface area contributed by atoms with Crippen molar-refractivity contribution in [1.29, 1.82) is 0 Å². The lowest BCUT2D eigenvalue weighted by Crippen LogP contribution is -2.50. The van der Waals surface area contributed by atoms with Gasteiger partial charge in [-0.25, -0.2) is 9.78 Å². The maximum Gasteiger partial charge on any atom is 0.409 e. The third-order valence-corrected chi connectivity index (χ3v) is 4.28. The number of anilines is 1. The number of piperazine rings is 1. The van der Waals surface area contributed by atoms with Crippen LogP contribution in [0.15, 0.2) is 42.7 Å². The average molecular weight is 369 g/mol. The molecule has 3 rings (SSSR count). The SMILES string of the molecule is CCOC(=O)N1CCN(C(=O)c2ccnc(NCc3ccccn3)c2)CC1. The molecule has 1 aliphatic rings. The van der Waals surface area contributed by atoms with Gasteiger partial charge in [0, 0.05) is 44.1 Å². The van der Waals surface area contributed by atoms with Gasteiger partial charge in [0.2, 0.25) is 0 Å². The summed E-state index contributed by atoms with van der Waals surface area (Å²) in [4.78, 5) is 36.4. The molecule has 8 nitrogen and oxygen atoms in total. The van der Waals surface area contributed by atoms with Gasteiger partial charge in [-0.15, -0.1) is 0 Å². The first kappa shape index (κ1) is 18.6. The molecule has 0 radical (unpaired) electrons. The highest BCUT2D eigenvalue weighted by Crippen LogP contribution is 2.13. The molecular weight excluding hydrogens is 346 g/mol. The second kappa shape index (κ2) is 8.98. The van der Waals surface area contributed by atoms with Crippen molar-refractivity contribution in [3.63, 3.8) is 0 Å². The molecule has 1 N–H and O–H groups in total. The standard InChI is InChI=1S/C19H23N5O3/c1-2-27-19(26)24-11-9-23(10-12-24)18(25)15-6-8-21-17(13-15)22-14-16-5-3-4-7-20-16/h3-8,13H,2,9-12,14H2,1H3,(H,21,22). The number of amides is 2. The third kappa shape index (κ3) is 4.93. The van der Waals surface area contributed by atoms with Crippen molar-refractivity contribution in [2.75, 3.05) is 38.1 Å². The molecule has 27 heavy (non-hydrogen) atoms. The zero-order valence-corrected chi connectivity index (χ0v) is 15.3. The molecule has 2 aromatic rings. The molecule has 0 spiro atoms. The summed E-state index contributed by atoms with van der Waals surface area (Å²) in [6, 6.07) is 9.15. The molecule has 1 aliphatic heterocycles. The summed E-state index contributed by atoms with van der Waals surface area (Å²) in [5, 5.41) is 3.18. The smallest absolute Gasteiger partial charge is 0.409 e. The highest BCUT2D eigenvalue weighted by atomic mass is 16.6. The fraction of sp³-hybridized carbons (Fsp3) is 0.368. The Hall–Kier alpha value is -3.16. The third-order valence-electron chi connectivity index (χ3n) is 4.28. The number of hydrogen-bond acceptors (Lipinski definition) is 6. The van der Waals surface area contributed by atoms with Crippen molar-refractivity contribution in [2.45, 2.75) is 13.5 Å². The largest absolute Gasteiger partial charge is 0.450 e. The zero-order chi connectivity index (χ0) is 19.1. The van der Waals surface area contributed by atoms with Gasteiger partial charge in [-0.05, 0) is 31.2 Å². The van der Waals surface area contributed by atoms with Crippen LogP contribution < -0.4 is 5.32 Å². The Kier molecular flexibility index (Phi) is 6.19. The van der Waals surface area contributed by atoms with Crippen molar-refractivity contribution in [3.8, 4) is 0 Å². The minimum absolute atomic E-state index is 0.0678. The monoisotopic (exact) mass is 369 g/mol. The highest BCUT2D eigenvalue weighted by molar-refractivity contribution is 5.95. The fourth-order valence-electron chi connectivity index (χ4n) is 2.83. The minimum atomic E-state index is -0.325. The molecular formula is C19H23N5O3. The lowest BCUT2D eigenvalue weighted by molar-refractivity contribution is 0.0570. The van der Waals surface area contributed by atoms with Crippen molar-refractivity contribution in [2.24, 2.45) is 0 Å². The number of nitrogens with one attached hydrogen (secondary N) is 1. The zero-order valence-electron chi connectivity index (χ0n) is 15.3. The maximum atomic E-state index is 12.8. The molecule has 1 fully saturated rings. The van der Waals surface area contributed by atoms with Gasteiger partial charge in [-0.2, -0.15) is 0 Å². The number of aromatic nitrogens is 2. The van der Waals surface area contributed by atoms with E-state index in [0.717, 1.165) is 5.69 Å². The summed E-state index contributed by atoms with van der Waals surface area (Å²) in [5.74, 6) is 0.554. The lowest BCUT2D eigenvalue weighted by atomic mass is 10.2. The summed E-state index contributed by atoms with van der Waals surface area (Å²) in [6.45, 7) is 4.57. The average Bonchev–Trinajstić information content (AvgIpc) is 2.73. The number of rotatable bonds is 5. The molecule has 8 heteroatoms. The van der Waals surface area contributed by atoms with Crippen LogP contribution in [0.3, 0.4) is 0 Å². The molecule has 0 bridgehead atoms. The van der Waals surface area contributed by atoms with E-state index in [9.17, 15) is 9.59 Å². The van der Waals surface area contributed by atoms with Crippen LogP contribution in [0.25, 0.3) is 0 Å². The van der Waals surface area contributed by atoms with Crippen molar-refractivity contribution in [1.82, 2.24) is 19.8 Å². The van der Waals surface area contributed by atoms with Gasteiger partial charge < -0.3 is 19.9 Å². The van der Waals surface area contributed by atoms with E-state index in [-0.39, 0.29) is 12.0 Å². The summed E-state index contributed by atoms with van der Waals surface area (Å²) < 4.78 is 5.00. The number of hydrogen-bond donors (Lipinski definition) is 1. The Balaban J connectivity index is 1.57. The van der Waals surface area contributed by atoms with Crippen LogP contribution in [-0.4, -0.2) is 64.6 Å². The Morgan fingerprint density at radius 3 is 2.56 bits per heavy atom. The van der Waals surface area contributed by atoms with Crippen LogP contribution in [0.4, 0.5) is 10.6 Å². The highest BCUT2D eigenvalue weighted by Gasteiger charge is 2.25. The first-order chi connectivity index (χ1) is 13.2. The molecule has 2 amide bonds. The van der Waals surface area contributed by atoms with Gasteiger partial charge in [-0.1, -0.05) is 6.07 Å². The Morgan fingerprint density at radius 1 is 1.07 bits per heavy atom. The van der Waals surface area contributed by atoms with Crippen LogP contribution in [0.5, 0.6) is 0 Å². The van der Waals surface area contributed by atoms with E-state index in [0.29, 0.717) is 50.7 Å². The Labute approximate surface area is 158 Å². The lowest BCUT2D eigenvalue weighted by Gasteiger charge is -2.34. The van der Waals surface area contributed by atoms with E-state index in [4.69, 9.17) is 4.74 Å². The van der Waals surface area contributed by atoms with E-state index >= 15 is 0 Å². The van der Waals surface area contributed by atoms with Gasteiger partial charge in [0.1, 0.15) is 5.82 Å². The second-order valence-corrected chi connectivity index (χ2v) is 6.08. The summed E-state index contributed by atoms with van der Waals surface area (Å²) in [7, 11) is 0. The molecule has 0 aromatic carbocycles. The summed E-state index contributed by atoms with van der Waals surface area (Å²) in [6.07, 6.45) is 3.03. The van der Waals surface area contributed by atoms with Gasteiger partial charge in [0.15, 0.2) is 0 Å². The second-order valence-electron chi connectivity index (χ2n) is 6.08. The molecule has 0 unspecified atom stereocenters. The molecule has 2 aromatic heterocycles. The molecule has 0 aliphatic carbocycles. The molecule has 142 valence electrons. The number of carbonyl (C=O) groups is 2. The van der Waals surface area contributed by atoms with E-state index in [1.807, 2.05) is 18.2 Å². The Bertz CT molecular complexity index is 776. The normalized spacial score (nSPS) is 14.0. The van der Waals surface area contributed by atoms with Crippen LogP contribution in [0, 0.1) is 0 Å². The number of nitrogens with zero attached hydrogens (tertiary/aromatic N) is 4. The number of carbonyl (C=O) groups excluding carboxylic acids is 2. The van der Waals surface area contributed by atoms with Gasteiger partial charge >= 0.3 is 6.09 Å². The maximum absolute atomic E-state index is 12.8. The summed E-state index contributed by atoms with van der Waals surface area (Å²) >= 11 is 0. The van der Waals surface area contributed by atoms with Gasteiger partial charge in [0.25, 0.3) is 5.91 Å². The van der Waals surface area contributed by atoms with E-state index in [2.05, 4.69) is 15.3 Å². The van der Waals surface area contributed by atoms with Crippen LogP contribution >= 0.6 is 0 Å². The van der Waals surface area contributed by atoms with Crippen LogP contribution in [-0.2, 0) is 11.3 Å². The first-order valence-corrected chi connectivity index (χ1v) is 8.98. The van der Waals surface area contributed by atoms with E-state index in [1.54, 1.807) is 41.2 Å². The van der Waals surface area contributed by atoms with E-state index < -0.39 is 0 Å². The molecule has 1 saturated heterocycles. The molecule has 0 saturated carbocycles. The number of pyridine rings is 2. The number of ether oxygens (including phenoxy) is 1. The van der Waals surface area contributed by atoms with Gasteiger partial charge in [-0.3, -0.25) is 9.78 Å². The predicted octanol–water partition coefficient (Wildman–Crippen LogP) is 2.00. The fourth-order valence-corrected chi connectivity index (χ4v) is 2.83. The summed E-state index contributed by atoms with van der Waals surface area (Å²) in [5.41, 5.74) is 1.46. The first-order valence-electron chi connectivity index (χ1n) is 8.98. The van der Waals surface area contributed by atoms with Crippen LogP contribution in [0.2, 0.25) is 0 Å². The van der Waals surface area contributed by atoms with Crippen LogP contribution in [0.1, 0.15) is 23.0 Å². The minimum Gasteiger partial charge on any atom is -0.450 e. The molecule has 3 heterocycles. The van der Waals surface area contributed by atoms with E-state index in [1.165, 1.54) is 0 Å². The predicted molar refractivity (Wildman–Crippen MR) is 100 cm³/mol.